The molecule has 0 fully saturated rings. The summed E-state index contributed by atoms with van der Waals surface area (Å²) < 4.78 is 7.84. The van der Waals surface area contributed by atoms with E-state index in [0.29, 0.717) is 17.2 Å². The van der Waals surface area contributed by atoms with Crippen molar-refractivity contribution in [2.75, 3.05) is 7.11 Å². The Labute approximate surface area is 127 Å². The minimum absolute atomic E-state index is 0.508. The molecule has 0 atom stereocenters. The second kappa shape index (κ2) is 5.65. The Kier molecular flexibility index (Phi) is 3.70. The molecule has 0 aliphatic heterocycles. The maximum Gasteiger partial charge on any atom is 0.242 e. The van der Waals surface area contributed by atoms with Crippen LogP contribution in [0.1, 0.15) is 18.1 Å². The molecule has 0 saturated heterocycles. The van der Waals surface area contributed by atoms with Gasteiger partial charge in [-0.05, 0) is 29.8 Å². The predicted molar refractivity (Wildman–Crippen MR) is 84.2 cm³/mol. The molecule has 0 aliphatic rings. The zero-order valence-electron chi connectivity index (χ0n) is 12.0. The number of aromatic amines is 1. The fourth-order valence-electron chi connectivity index (χ4n) is 2.47. The number of aromatic nitrogens is 4. The first kappa shape index (κ1) is 13.8. The zero-order chi connectivity index (χ0) is 14.8. The maximum atomic E-state index is 5.42. The van der Waals surface area contributed by atoms with Gasteiger partial charge in [0, 0.05) is 0 Å². The summed E-state index contributed by atoms with van der Waals surface area (Å²) in [5.74, 6) is 0.508. The van der Waals surface area contributed by atoms with Crippen LogP contribution in [-0.4, -0.2) is 26.6 Å². The SMILES string of the molecule is CCc1ccccc1Cn1c(=S)[nH]c2c(OC)ncnc21. The van der Waals surface area contributed by atoms with Gasteiger partial charge >= 0.3 is 0 Å². The van der Waals surface area contributed by atoms with Crippen molar-refractivity contribution in [3.63, 3.8) is 0 Å². The highest BCUT2D eigenvalue weighted by Crippen LogP contribution is 2.21. The molecule has 108 valence electrons. The van der Waals surface area contributed by atoms with Crippen LogP contribution in [0.2, 0.25) is 0 Å². The fraction of sp³-hybridized carbons (Fsp3) is 0.267. The first-order chi connectivity index (χ1) is 10.2. The fourth-order valence-corrected chi connectivity index (χ4v) is 2.73. The summed E-state index contributed by atoms with van der Waals surface area (Å²) in [6.07, 6.45) is 2.48. The van der Waals surface area contributed by atoms with E-state index in [2.05, 4.69) is 40.1 Å². The van der Waals surface area contributed by atoms with Crippen molar-refractivity contribution in [1.29, 1.82) is 0 Å². The van der Waals surface area contributed by atoms with Gasteiger partial charge in [0.05, 0.1) is 13.7 Å². The van der Waals surface area contributed by atoms with E-state index in [1.807, 2.05) is 10.6 Å². The van der Waals surface area contributed by atoms with Crippen LogP contribution < -0.4 is 4.74 Å². The van der Waals surface area contributed by atoms with Gasteiger partial charge in [-0.2, -0.15) is 4.98 Å². The Morgan fingerprint density at radius 3 is 2.71 bits per heavy atom. The molecule has 2 heterocycles. The van der Waals surface area contributed by atoms with Gasteiger partial charge in [0.15, 0.2) is 10.4 Å². The molecule has 3 aromatic rings. The van der Waals surface area contributed by atoms with E-state index in [1.54, 1.807) is 7.11 Å². The molecule has 0 radical (unpaired) electrons. The summed E-state index contributed by atoms with van der Waals surface area (Å²) in [6.45, 7) is 2.83. The lowest BCUT2D eigenvalue weighted by Gasteiger charge is -2.09. The normalized spacial score (nSPS) is 11.0. The molecule has 0 bridgehead atoms. The number of rotatable bonds is 4. The Morgan fingerprint density at radius 2 is 2.00 bits per heavy atom. The van der Waals surface area contributed by atoms with E-state index in [4.69, 9.17) is 17.0 Å². The number of aryl methyl sites for hydroxylation is 1. The third-order valence-electron chi connectivity index (χ3n) is 3.55. The second-order valence-electron chi connectivity index (χ2n) is 4.72. The van der Waals surface area contributed by atoms with E-state index in [9.17, 15) is 0 Å². The minimum atomic E-state index is 0.508. The van der Waals surface area contributed by atoms with Gasteiger partial charge in [-0.15, -0.1) is 0 Å². The van der Waals surface area contributed by atoms with Gasteiger partial charge < -0.3 is 9.72 Å². The standard InChI is InChI=1S/C15H16N4OS/c1-3-10-6-4-5-7-11(10)8-19-13-12(18-15(19)21)14(20-2)17-9-16-13/h4-7,9H,3,8H2,1-2H3,(H,18,21). The van der Waals surface area contributed by atoms with E-state index in [0.717, 1.165) is 17.6 Å². The topological polar surface area (TPSA) is 55.7 Å². The largest absolute Gasteiger partial charge is 0.479 e. The zero-order valence-corrected chi connectivity index (χ0v) is 12.8. The van der Waals surface area contributed by atoms with Gasteiger partial charge in [-0.3, -0.25) is 4.57 Å². The van der Waals surface area contributed by atoms with Crippen molar-refractivity contribution in [2.24, 2.45) is 0 Å². The van der Waals surface area contributed by atoms with Crippen LogP contribution in [-0.2, 0) is 13.0 Å². The summed E-state index contributed by atoms with van der Waals surface area (Å²) in [7, 11) is 1.59. The average Bonchev–Trinajstić information content (AvgIpc) is 2.84. The molecule has 1 aromatic carbocycles. The monoisotopic (exact) mass is 300 g/mol. The number of methoxy groups -OCH3 is 1. The number of nitrogens with one attached hydrogen (secondary N) is 1. The number of H-pyrrole nitrogens is 1. The lowest BCUT2D eigenvalue weighted by atomic mass is 10.1. The second-order valence-corrected chi connectivity index (χ2v) is 5.11. The molecule has 0 saturated carbocycles. The number of nitrogens with zero attached hydrogens (tertiary/aromatic N) is 3. The predicted octanol–water partition coefficient (Wildman–Crippen LogP) is 3.11. The molecule has 0 unspecified atom stereocenters. The van der Waals surface area contributed by atoms with Crippen LogP contribution in [0.25, 0.3) is 11.2 Å². The molecule has 5 nitrogen and oxygen atoms in total. The average molecular weight is 300 g/mol. The summed E-state index contributed by atoms with van der Waals surface area (Å²) in [5.41, 5.74) is 4.06. The Balaban J connectivity index is 2.13. The molecule has 3 rings (SSSR count). The lowest BCUT2D eigenvalue weighted by molar-refractivity contribution is 0.401. The van der Waals surface area contributed by atoms with Gasteiger partial charge in [-0.25, -0.2) is 4.98 Å². The summed E-state index contributed by atoms with van der Waals surface area (Å²) in [6, 6.07) is 8.37. The van der Waals surface area contributed by atoms with E-state index in [-0.39, 0.29) is 0 Å². The number of ether oxygens (including phenoxy) is 1. The molecule has 0 spiro atoms. The van der Waals surface area contributed by atoms with Crippen molar-refractivity contribution in [2.45, 2.75) is 19.9 Å². The van der Waals surface area contributed by atoms with Gasteiger partial charge in [0.1, 0.15) is 11.8 Å². The molecular formula is C15H16N4OS. The van der Waals surface area contributed by atoms with Crippen molar-refractivity contribution >= 4 is 23.4 Å². The molecular weight excluding hydrogens is 284 g/mol. The van der Waals surface area contributed by atoms with Crippen LogP contribution in [0.3, 0.4) is 0 Å². The number of hydrogen-bond donors (Lipinski definition) is 1. The lowest BCUT2D eigenvalue weighted by Crippen LogP contribution is -2.04. The van der Waals surface area contributed by atoms with Crippen molar-refractivity contribution in [3.8, 4) is 5.88 Å². The van der Waals surface area contributed by atoms with Gasteiger partial charge in [0.2, 0.25) is 5.88 Å². The number of fused-ring (bicyclic) bond motifs is 1. The van der Waals surface area contributed by atoms with Crippen LogP contribution in [0.5, 0.6) is 5.88 Å². The highest BCUT2D eigenvalue weighted by Gasteiger charge is 2.12. The van der Waals surface area contributed by atoms with Crippen molar-refractivity contribution in [3.05, 3.63) is 46.5 Å². The van der Waals surface area contributed by atoms with Crippen molar-refractivity contribution < 1.29 is 4.74 Å². The van der Waals surface area contributed by atoms with E-state index < -0.39 is 0 Å². The first-order valence-electron chi connectivity index (χ1n) is 6.79. The maximum absolute atomic E-state index is 5.42. The van der Waals surface area contributed by atoms with E-state index >= 15 is 0 Å². The highest BCUT2D eigenvalue weighted by atomic mass is 32.1. The van der Waals surface area contributed by atoms with Crippen LogP contribution in [0, 0.1) is 4.77 Å². The van der Waals surface area contributed by atoms with Gasteiger partial charge in [-0.1, -0.05) is 31.2 Å². The number of hydrogen-bond acceptors (Lipinski definition) is 4. The highest BCUT2D eigenvalue weighted by molar-refractivity contribution is 7.71. The van der Waals surface area contributed by atoms with Crippen LogP contribution in [0.4, 0.5) is 0 Å². The Bertz CT molecular complexity index is 837. The molecule has 21 heavy (non-hydrogen) atoms. The summed E-state index contributed by atoms with van der Waals surface area (Å²) in [5, 5.41) is 0. The third kappa shape index (κ3) is 2.42. The van der Waals surface area contributed by atoms with Crippen LogP contribution in [0.15, 0.2) is 30.6 Å². The minimum Gasteiger partial charge on any atom is -0.479 e. The van der Waals surface area contributed by atoms with Gasteiger partial charge in [0.25, 0.3) is 0 Å². The van der Waals surface area contributed by atoms with E-state index in [1.165, 1.54) is 17.5 Å². The third-order valence-corrected chi connectivity index (χ3v) is 3.87. The van der Waals surface area contributed by atoms with Crippen molar-refractivity contribution in [1.82, 2.24) is 19.5 Å². The Morgan fingerprint density at radius 1 is 1.24 bits per heavy atom. The first-order valence-corrected chi connectivity index (χ1v) is 7.19. The molecule has 2 aromatic heterocycles. The molecule has 6 heteroatoms. The molecule has 1 N–H and O–H groups in total. The summed E-state index contributed by atoms with van der Waals surface area (Å²) >= 11 is 5.42. The van der Waals surface area contributed by atoms with Crippen LogP contribution >= 0.6 is 12.2 Å². The summed E-state index contributed by atoms with van der Waals surface area (Å²) in [4.78, 5) is 11.6. The number of benzene rings is 1. The molecule has 0 aliphatic carbocycles. The smallest absolute Gasteiger partial charge is 0.242 e. The quantitative estimate of drug-likeness (QED) is 0.752. The Hall–Kier alpha value is -2.21. The number of imidazole rings is 1. The molecule has 0 amide bonds.